The van der Waals surface area contributed by atoms with E-state index in [1.807, 2.05) is 60.1 Å². The highest BCUT2D eigenvalue weighted by atomic mass is 16.3. The number of benzene rings is 1. The Balaban J connectivity index is 1.54. The average molecular weight is 381 g/mol. The Bertz CT molecular complexity index is 1020. The van der Waals surface area contributed by atoms with Gasteiger partial charge in [0.15, 0.2) is 0 Å². The van der Waals surface area contributed by atoms with E-state index >= 15 is 0 Å². The molecule has 7 nitrogen and oxygen atoms in total. The molecule has 2 aromatic heterocycles. The van der Waals surface area contributed by atoms with E-state index in [9.17, 15) is 9.90 Å². The van der Waals surface area contributed by atoms with E-state index in [4.69, 9.17) is 0 Å². The summed E-state index contributed by atoms with van der Waals surface area (Å²) in [5.74, 6) is 0. The van der Waals surface area contributed by atoms with Crippen molar-refractivity contribution >= 4 is 10.9 Å². The van der Waals surface area contributed by atoms with Gasteiger partial charge in [0.05, 0.1) is 11.4 Å². The van der Waals surface area contributed by atoms with Gasteiger partial charge in [0.25, 0.3) is 5.56 Å². The van der Waals surface area contributed by atoms with Crippen LogP contribution < -0.4 is 5.56 Å². The minimum absolute atomic E-state index is 0.0291. The predicted molar refractivity (Wildman–Crippen MR) is 109 cm³/mol. The monoisotopic (exact) mass is 381 g/mol. The van der Waals surface area contributed by atoms with Crippen LogP contribution in [0.3, 0.4) is 0 Å². The number of aromatic amines is 1. The molecular weight excluding hydrogens is 354 g/mol. The standard InChI is InChI=1S/C21H27N5O2/c1-24(2)14-20(27)19-11-17-13-25(8-5-9-26(17)23-19)12-16-10-15-6-3-4-7-18(15)22-21(16)28/h3-4,6-7,10-11,20,27H,5,8-9,12-14H2,1-2H3,(H,22,28)/t20-/m0/s1. The quantitative estimate of drug-likeness (QED) is 0.704. The van der Waals surface area contributed by atoms with Crippen LogP contribution in [0.15, 0.2) is 41.2 Å². The summed E-state index contributed by atoms with van der Waals surface area (Å²) in [5.41, 5.74) is 3.42. The molecule has 2 N–H and O–H groups in total. The maximum atomic E-state index is 12.5. The fourth-order valence-corrected chi connectivity index (χ4v) is 3.84. The molecule has 0 saturated carbocycles. The number of H-pyrrole nitrogens is 1. The number of nitrogens with zero attached hydrogens (tertiary/aromatic N) is 4. The van der Waals surface area contributed by atoms with Crippen molar-refractivity contribution in [1.82, 2.24) is 24.6 Å². The molecule has 1 aliphatic rings. The van der Waals surface area contributed by atoms with Crippen molar-refractivity contribution in [3.8, 4) is 0 Å². The zero-order valence-electron chi connectivity index (χ0n) is 16.4. The van der Waals surface area contributed by atoms with Gasteiger partial charge >= 0.3 is 0 Å². The van der Waals surface area contributed by atoms with Gasteiger partial charge in [-0.1, -0.05) is 18.2 Å². The molecule has 4 rings (SSSR count). The van der Waals surface area contributed by atoms with Crippen molar-refractivity contribution < 1.29 is 5.11 Å². The number of para-hydroxylation sites is 1. The largest absolute Gasteiger partial charge is 0.385 e. The highest BCUT2D eigenvalue weighted by Crippen LogP contribution is 2.20. The van der Waals surface area contributed by atoms with Gasteiger partial charge in [-0.25, -0.2) is 0 Å². The van der Waals surface area contributed by atoms with E-state index in [-0.39, 0.29) is 5.56 Å². The Morgan fingerprint density at radius 1 is 1.25 bits per heavy atom. The Labute approximate surface area is 164 Å². The first-order chi connectivity index (χ1) is 13.5. The van der Waals surface area contributed by atoms with Gasteiger partial charge in [-0.15, -0.1) is 0 Å². The van der Waals surface area contributed by atoms with Gasteiger partial charge in [0, 0.05) is 43.8 Å². The van der Waals surface area contributed by atoms with Crippen LogP contribution in [0.4, 0.5) is 0 Å². The molecule has 0 fully saturated rings. The number of aryl methyl sites for hydroxylation is 1. The SMILES string of the molecule is CN(C)C[C@H](O)c1cc2n(n1)CCCN(Cc1cc3ccccc3[nH]c1=O)C2. The summed E-state index contributed by atoms with van der Waals surface area (Å²) in [4.78, 5) is 19.7. The topological polar surface area (TPSA) is 77.4 Å². The normalized spacial score (nSPS) is 16.3. The van der Waals surface area contributed by atoms with Gasteiger partial charge in [0.2, 0.25) is 0 Å². The molecule has 0 unspecified atom stereocenters. The summed E-state index contributed by atoms with van der Waals surface area (Å²) >= 11 is 0. The maximum absolute atomic E-state index is 12.5. The second kappa shape index (κ2) is 7.87. The highest BCUT2D eigenvalue weighted by Gasteiger charge is 2.21. The smallest absolute Gasteiger partial charge is 0.252 e. The number of nitrogens with one attached hydrogen (secondary N) is 1. The first-order valence-corrected chi connectivity index (χ1v) is 9.72. The summed E-state index contributed by atoms with van der Waals surface area (Å²) in [6.07, 6.45) is 0.370. The van der Waals surface area contributed by atoms with Crippen LogP contribution >= 0.6 is 0 Å². The number of hydrogen-bond donors (Lipinski definition) is 2. The molecule has 28 heavy (non-hydrogen) atoms. The molecular formula is C21H27N5O2. The number of likely N-dealkylation sites (N-methyl/N-ethyl adjacent to an activating group) is 1. The van der Waals surface area contributed by atoms with E-state index in [1.54, 1.807) is 0 Å². The van der Waals surface area contributed by atoms with Crippen LogP contribution in [0.1, 0.15) is 29.5 Å². The van der Waals surface area contributed by atoms with E-state index in [1.165, 1.54) is 0 Å². The number of aliphatic hydroxyl groups is 1. The van der Waals surface area contributed by atoms with Crippen molar-refractivity contribution in [2.75, 3.05) is 27.2 Å². The zero-order chi connectivity index (χ0) is 19.7. The number of pyridine rings is 1. The van der Waals surface area contributed by atoms with Gasteiger partial charge in [-0.05, 0) is 44.1 Å². The third-order valence-electron chi connectivity index (χ3n) is 5.22. The molecule has 0 radical (unpaired) electrons. The van der Waals surface area contributed by atoms with Crippen LogP contribution in [0.5, 0.6) is 0 Å². The minimum Gasteiger partial charge on any atom is -0.385 e. The summed E-state index contributed by atoms with van der Waals surface area (Å²) in [5, 5.41) is 16.0. The molecule has 0 bridgehead atoms. The third-order valence-corrected chi connectivity index (χ3v) is 5.22. The molecule has 1 aromatic carbocycles. The molecule has 0 spiro atoms. The van der Waals surface area contributed by atoms with Gasteiger partial charge < -0.3 is 15.0 Å². The van der Waals surface area contributed by atoms with Crippen molar-refractivity contribution in [2.24, 2.45) is 0 Å². The lowest BCUT2D eigenvalue weighted by Gasteiger charge is -2.19. The van der Waals surface area contributed by atoms with Crippen LogP contribution in [-0.2, 0) is 19.6 Å². The van der Waals surface area contributed by atoms with E-state index in [0.717, 1.165) is 41.7 Å². The van der Waals surface area contributed by atoms with Crippen molar-refractivity contribution in [1.29, 1.82) is 0 Å². The van der Waals surface area contributed by atoms with E-state index in [0.29, 0.717) is 25.3 Å². The van der Waals surface area contributed by atoms with Gasteiger partial charge in [-0.3, -0.25) is 14.4 Å². The molecule has 3 aromatic rings. The number of aromatic nitrogens is 3. The summed E-state index contributed by atoms with van der Waals surface area (Å²) in [6, 6.07) is 11.8. The molecule has 1 aliphatic heterocycles. The molecule has 0 amide bonds. The fourth-order valence-electron chi connectivity index (χ4n) is 3.84. The summed E-state index contributed by atoms with van der Waals surface area (Å²) < 4.78 is 2.00. The molecule has 0 saturated heterocycles. The van der Waals surface area contributed by atoms with Gasteiger partial charge in [-0.2, -0.15) is 5.10 Å². The lowest BCUT2D eigenvalue weighted by Crippen LogP contribution is -2.26. The Kier molecular flexibility index (Phi) is 5.30. The molecule has 7 heteroatoms. The summed E-state index contributed by atoms with van der Waals surface area (Å²) in [7, 11) is 3.88. The second-order valence-corrected chi connectivity index (χ2v) is 7.84. The lowest BCUT2D eigenvalue weighted by atomic mass is 10.1. The van der Waals surface area contributed by atoms with Crippen molar-refractivity contribution in [3.63, 3.8) is 0 Å². The van der Waals surface area contributed by atoms with E-state index in [2.05, 4.69) is 15.0 Å². The van der Waals surface area contributed by atoms with Crippen LogP contribution in [0, 0.1) is 0 Å². The average Bonchev–Trinajstić information content (AvgIpc) is 2.95. The van der Waals surface area contributed by atoms with Crippen LogP contribution in [-0.4, -0.2) is 56.9 Å². The predicted octanol–water partition coefficient (Wildman–Crippen LogP) is 1.73. The molecule has 0 aliphatic carbocycles. The van der Waals surface area contributed by atoms with Crippen molar-refractivity contribution in [2.45, 2.75) is 32.2 Å². The Morgan fingerprint density at radius 2 is 2.07 bits per heavy atom. The van der Waals surface area contributed by atoms with Crippen LogP contribution in [0.2, 0.25) is 0 Å². The summed E-state index contributed by atoms with van der Waals surface area (Å²) in [6.45, 7) is 3.60. The fraction of sp³-hybridized carbons (Fsp3) is 0.429. The number of hydrogen-bond acceptors (Lipinski definition) is 5. The molecule has 1 atom stereocenters. The first kappa shape index (κ1) is 18.9. The zero-order valence-corrected chi connectivity index (χ0v) is 16.4. The lowest BCUT2D eigenvalue weighted by molar-refractivity contribution is 0.133. The Morgan fingerprint density at radius 3 is 2.89 bits per heavy atom. The van der Waals surface area contributed by atoms with Crippen LogP contribution in [0.25, 0.3) is 10.9 Å². The minimum atomic E-state index is -0.591. The first-order valence-electron chi connectivity index (χ1n) is 9.72. The van der Waals surface area contributed by atoms with Gasteiger partial charge in [0.1, 0.15) is 6.10 Å². The molecule has 148 valence electrons. The number of aliphatic hydroxyl groups excluding tert-OH is 1. The van der Waals surface area contributed by atoms with Crippen molar-refractivity contribution in [3.05, 3.63) is 63.7 Å². The highest BCUT2D eigenvalue weighted by molar-refractivity contribution is 5.78. The van der Waals surface area contributed by atoms with E-state index < -0.39 is 6.10 Å². The Hall–Kier alpha value is -2.48. The number of rotatable bonds is 5. The third kappa shape index (κ3) is 4.01. The maximum Gasteiger partial charge on any atom is 0.252 e. The second-order valence-electron chi connectivity index (χ2n) is 7.84. The molecule has 3 heterocycles. The number of fused-ring (bicyclic) bond motifs is 2.